The number of amides is 4. The standard InChI is InChI=1S/C55H61ClFN9O6S2/c1-28-31(4)74-54-47(28)48(35-14-16-37(56)17-15-35)61-43(51-64-63-32(5)66(51)54)25-46(69)60-39-22-42(23-39)72-41-20-33(19-38(57)21-41)9-18-45(68)62-50(55(6,7)8)53(71)65-26-40(67)24-44(65)52(70)59-29(2)34-10-12-36(13-11-34)49-30(3)58-27-73-49/h10-17,19-21,27,29,39-40,42-44,50,67H,9,18,22-26H2,1-8H3,(H,59,70)(H,60,69)(H,62,68)/t29-,39-,40+,42+,43-,44-,50+/m0/s1. The van der Waals surface area contributed by atoms with Crippen molar-refractivity contribution in [1.82, 2.24) is 40.6 Å². The zero-order valence-corrected chi connectivity index (χ0v) is 45.1. The number of carbonyl (C=O) groups excluding carboxylic acids is 4. The van der Waals surface area contributed by atoms with Crippen LogP contribution in [0.5, 0.6) is 5.75 Å². The van der Waals surface area contributed by atoms with Crippen molar-refractivity contribution >= 4 is 63.6 Å². The van der Waals surface area contributed by atoms with Crippen LogP contribution in [0, 0.1) is 38.9 Å². The number of carbonyl (C=O) groups is 4. The van der Waals surface area contributed by atoms with Gasteiger partial charge in [0.25, 0.3) is 0 Å². The highest BCUT2D eigenvalue weighted by Gasteiger charge is 2.45. The van der Waals surface area contributed by atoms with Crippen molar-refractivity contribution < 1.29 is 33.4 Å². The summed E-state index contributed by atoms with van der Waals surface area (Å²) in [5, 5.41) is 30.3. The molecule has 1 aliphatic carbocycles. The highest BCUT2D eigenvalue weighted by atomic mass is 35.5. The molecule has 4 N–H and O–H groups in total. The summed E-state index contributed by atoms with van der Waals surface area (Å²) in [7, 11) is 0. The highest BCUT2D eigenvalue weighted by Crippen LogP contribution is 2.40. The van der Waals surface area contributed by atoms with E-state index in [2.05, 4.69) is 45.0 Å². The number of benzene rings is 3. The number of aliphatic hydroxyl groups excluding tert-OH is 1. The summed E-state index contributed by atoms with van der Waals surface area (Å²) in [6.07, 6.45) is 0.0296. The van der Waals surface area contributed by atoms with Crippen molar-refractivity contribution in [1.29, 1.82) is 0 Å². The molecule has 9 rings (SSSR count). The van der Waals surface area contributed by atoms with E-state index in [4.69, 9.17) is 21.3 Å². The van der Waals surface area contributed by atoms with Gasteiger partial charge >= 0.3 is 0 Å². The fourth-order valence-electron chi connectivity index (χ4n) is 9.91. The molecule has 0 bridgehead atoms. The van der Waals surface area contributed by atoms with Crippen LogP contribution in [-0.2, 0) is 25.6 Å². The summed E-state index contributed by atoms with van der Waals surface area (Å²) in [4.78, 5) is 68.5. The molecule has 1 saturated heterocycles. The minimum Gasteiger partial charge on any atom is -0.490 e. The van der Waals surface area contributed by atoms with Gasteiger partial charge < -0.3 is 30.7 Å². The Kier molecular flexibility index (Phi) is 15.2. The SMILES string of the molecule is Cc1ncsc1-c1ccc([C@H](C)NC(=O)[C@@H]2C[C@@H](O)CN2C(=O)[C@@H](NC(=O)CCc2cc(F)cc(O[C@H]3C[C@@H](NC(=O)C[C@@H]4N=C(c5ccc(Cl)cc5)c5c(sc(C)c5C)-n5c(C)nnc54)C3)c2)C(C)(C)C)cc1. The lowest BCUT2D eigenvalue weighted by Crippen LogP contribution is -2.57. The van der Waals surface area contributed by atoms with Gasteiger partial charge in [-0.25, -0.2) is 9.37 Å². The van der Waals surface area contributed by atoms with Crippen molar-refractivity contribution in [3.63, 3.8) is 0 Å². The molecule has 74 heavy (non-hydrogen) atoms. The molecule has 3 aromatic heterocycles. The number of β-amino-alcohol motifs (C(OH)–C–C–N with tert-alkyl or cyclic N) is 1. The first-order valence-electron chi connectivity index (χ1n) is 24.9. The minimum absolute atomic E-state index is 0.0413. The van der Waals surface area contributed by atoms with Crippen LogP contribution in [-0.4, -0.2) is 96.0 Å². The number of nitrogens with zero attached hydrogens (tertiary/aromatic N) is 6. The van der Waals surface area contributed by atoms with Gasteiger partial charge in [-0.3, -0.25) is 28.7 Å². The Hall–Kier alpha value is -6.34. The van der Waals surface area contributed by atoms with Gasteiger partial charge in [0.15, 0.2) is 5.82 Å². The van der Waals surface area contributed by atoms with E-state index in [1.165, 1.54) is 17.0 Å². The second-order valence-corrected chi connectivity index (χ2v) is 23.3. The van der Waals surface area contributed by atoms with E-state index in [0.717, 1.165) is 54.0 Å². The second-order valence-electron chi connectivity index (χ2n) is 20.8. The number of ether oxygens (including phenoxy) is 1. The van der Waals surface area contributed by atoms with Gasteiger partial charge in [-0.05, 0) is 93.0 Å². The molecular weight excluding hydrogens is 1000 g/mol. The molecule has 0 unspecified atom stereocenters. The van der Waals surface area contributed by atoms with Gasteiger partial charge in [-0.1, -0.05) is 68.8 Å². The first kappa shape index (κ1) is 52.5. The van der Waals surface area contributed by atoms with E-state index in [-0.39, 0.29) is 56.3 Å². The van der Waals surface area contributed by atoms with Gasteiger partial charge in [0, 0.05) is 65.4 Å². The summed E-state index contributed by atoms with van der Waals surface area (Å²) in [5.41, 5.74) is 8.17. The number of hydrogen-bond acceptors (Lipinski definition) is 12. The molecule has 3 aliphatic rings. The number of fused-ring (bicyclic) bond motifs is 3. The molecule has 2 aliphatic heterocycles. The molecule has 19 heteroatoms. The number of aryl methyl sites for hydroxylation is 4. The van der Waals surface area contributed by atoms with Crippen LogP contribution in [0.3, 0.4) is 0 Å². The molecule has 3 aromatic carbocycles. The van der Waals surface area contributed by atoms with Gasteiger partial charge in [0.05, 0.1) is 40.4 Å². The topological polar surface area (TPSA) is 193 Å². The molecular formula is C55H61ClFN9O6S2. The van der Waals surface area contributed by atoms with Crippen molar-refractivity contribution in [2.75, 3.05) is 6.54 Å². The Morgan fingerprint density at radius 2 is 1.65 bits per heavy atom. The lowest BCUT2D eigenvalue weighted by molar-refractivity contribution is -0.144. The van der Waals surface area contributed by atoms with E-state index in [9.17, 15) is 24.3 Å². The molecule has 5 atom stereocenters. The number of aliphatic imine (C=N–C) groups is 1. The Balaban J connectivity index is 0.779. The van der Waals surface area contributed by atoms with E-state index in [1.54, 1.807) is 28.7 Å². The minimum atomic E-state index is -1.02. The predicted molar refractivity (Wildman–Crippen MR) is 285 cm³/mol. The van der Waals surface area contributed by atoms with E-state index in [0.29, 0.717) is 40.8 Å². The van der Waals surface area contributed by atoms with E-state index >= 15 is 4.39 Å². The lowest BCUT2D eigenvalue weighted by Gasteiger charge is -2.36. The molecule has 388 valence electrons. The number of thiophene rings is 1. The largest absolute Gasteiger partial charge is 0.490 e. The van der Waals surface area contributed by atoms with Crippen molar-refractivity contribution in [2.45, 2.75) is 136 Å². The number of thiazole rings is 1. The Labute approximate surface area is 443 Å². The number of hydrogen-bond donors (Lipinski definition) is 4. The highest BCUT2D eigenvalue weighted by molar-refractivity contribution is 7.15. The van der Waals surface area contributed by atoms with Crippen LogP contribution in [0.25, 0.3) is 15.4 Å². The number of likely N-dealkylation sites (tertiary alicyclic amines) is 1. The zero-order chi connectivity index (χ0) is 52.7. The average Bonchev–Trinajstić information content (AvgIpc) is 4.11. The first-order chi connectivity index (χ1) is 35.2. The fourth-order valence-corrected chi connectivity index (χ4v) is 12.1. The van der Waals surface area contributed by atoms with Crippen LogP contribution in [0.2, 0.25) is 5.02 Å². The third-order valence-electron chi connectivity index (χ3n) is 14.1. The quantitative estimate of drug-likeness (QED) is 0.0778. The van der Waals surface area contributed by atoms with Gasteiger partial charge in [-0.2, -0.15) is 0 Å². The summed E-state index contributed by atoms with van der Waals surface area (Å²) in [6.45, 7) is 15.3. The van der Waals surface area contributed by atoms with Crippen LogP contribution < -0.4 is 20.7 Å². The van der Waals surface area contributed by atoms with Gasteiger partial charge in [0.2, 0.25) is 23.6 Å². The summed E-state index contributed by atoms with van der Waals surface area (Å²) in [6, 6.07) is 16.6. The molecule has 2 fully saturated rings. The molecule has 0 spiro atoms. The molecule has 6 aromatic rings. The molecule has 1 saturated carbocycles. The zero-order valence-electron chi connectivity index (χ0n) is 42.7. The fraction of sp³-hybridized carbons (Fsp3) is 0.418. The summed E-state index contributed by atoms with van der Waals surface area (Å²) >= 11 is 9.47. The van der Waals surface area contributed by atoms with Crippen molar-refractivity contribution in [2.24, 2.45) is 10.4 Å². The van der Waals surface area contributed by atoms with Gasteiger partial charge in [0.1, 0.15) is 46.6 Å². The monoisotopic (exact) mass is 1060 g/mol. The number of halogens is 2. The molecule has 5 heterocycles. The number of nitrogens with one attached hydrogen (secondary N) is 3. The Bertz CT molecular complexity index is 3120. The van der Waals surface area contributed by atoms with Crippen LogP contribution in [0.15, 0.2) is 77.2 Å². The summed E-state index contributed by atoms with van der Waals surface area (Å²) in [5.74, 6) is -0.422. The average molecular weight is 1060 g/mol. The normalized spacial score (nSPS) is 20.1. The van der Waals surface area contributed by atoms with Crippen molar-refractivity contribution in [3.05, 3.63) is 133 Å². The molecule has 4 amide bonds. The van der Waals surface area contributed by atoms with E-state index in [1.807, 2.05) is 100 Å². The third-order valence-corrected chi connectivity index (χ3v) is 16.6. The van der Waals surface area contributed by atoms with Crippen LogP contribution in [0.1, 0.15) is 122 Å². The maximum Gasteiger partial charge on any atom is 0.246 e. The predicted octanol–water partition coefficient (Wildman–Crippen LogP) is 8.79. The lowest BCUT2D eigenvalue weighted by atomic mass is 9.85. The van der Waals surface area contributed by atoms with Crippen molar-refractivity contribution in [3.8, 4) is 21.2 Å². The maximum absolute atomic E-state index is 15.1. The van der Waals surface area contributed by atoms with E-state index < -0.39 is 53.2 Å². The maximum atomic E-state index is 15.1. The smallest absolute Gasteiger partial charge is 0.246 e. The number of rotatable bonds is 15. The third kappa shape index (κ3) is 11.3. The Morgan fingerprint density at radius 1 is 0.932 bits per heavy atom. The molecule has 0 radical (unpaired) electrons. The number of aromatic nitrogens is 4. The van der Waals surface area contributed by atoms with Gasteiger partial charge in [-0.15, -0.1) is 32.9 Å². The number of aliphatic hydroxyl groups is 1. The second kappa shape index (κ2) is 21.5. The Morgan fingerprint density at radius 3 is 2.34 bits per heavy atom. The molecule has 15 nitrogen and oxygen atoms in total. The van der Waals surface area contributed by atoms with Crippen LogP contribution >= 0.6 is 34.3 Å². The first-order valence-corrected chi connectivity index (χ1v) is 27.0. The van der Waals surface area contributed by atoms with Crippen LogP contribution in [0.4, 0.5) is 4.39 Å². The summed E-state index contributed by atoms with van der Waals surface area (Å²) < 4.78 is 23.3.